The molecule has 18 heavy (non-hydrogen) atoms. The van der Waals surface area contributed by atoms with Crippen LogP contribution >= 0.6 is 22.6 Å². The Balaban J connectivity index is 2.27. The van der Waals surface area contributed by atoms with Gasteiger partial charge in [0.25, 0.3) is 5.91 Å². The molecule has 2 nitrogen and oxygen atoms in total. The molecular formula is C15H14INO. The zero-order valence-electron chi connectivity index (χ0n) is 10.3. The zero-order valence-corrected chi connectivity index (χ0v) is 12.5. The maximum Gasteiger partial charge on any atom is 0.256 e. The fraction of sp³-hybridized carbons (Fsp3) is 0.133. The van der Waals surface area contributed by atoms with E-state index in [1.54, 1.807) is 0 Å². The van der Waals surface area contributed by atoms with Gasteiger partial charge >= 0.3 is 0 Å². The van der Waals surface area contributed by atoms with Crippen molar-refractivity contribution in [2.24, 2.45) is 0 Å². The lowest BCUT2D eigenvalue weighted by atomic mass is 10.1. The summed E-state index contributed by atoms with van der Waals surface area (Å²) in [5.74, 6) is -0.0614. The molecule has 0 saturated heterocycles. The number of rotatable bonds is 2. The van der Waals surface area contributed by atoms with Gasteiger partial charge in [-0.1, -0.05) is 24.3 Å². The summed E-state index contributed by atoms with van der Waals surface area (Å²) in [4.78, 5) is 12.2. The van der Waals surface area contributed by atoms with Crippen molar-refractivity contribution in [2.45, 2.75) is 13.8 Å². The highest BCUT2D eigenvalue weighted by molar-refractivity contribution is 14.1. The summed E-state index contributed by atoms with van der Waals surface area (Å²) >= 11 is 2.17. The molecule has 0 aliphatic heterocycles. The van der Waals surface area contributed by atoms with Gasteiger partial charge in [-0.05, 0) is 65.8 Å². The zero-order chi connectivity index (χ0) is 13.1. The Morgan fingerprint density at radius 1 is 1.06 bits per heavy atom. The quantitative estimate of drug-likeness (QED) is 0.809. The number of amides is 1. The number of aryl methyl sites for hydroxylation is 1. The molecule has 0 heterocycles. The van der Waals surface area contributed by atoms with Gasteiger partial charge in [0, 0.05) is 9.26 Å². The molecule has 0 aliphatic carbocycles. The fourth-order valence-electron chi connectivity index (χ4n) is 1.72. The van der Waals surface area contributed by atoms with E-state index in [1.807, 2.05) is 56.3 Å². The molecule has 0 atom stereocenters. The molecule has 92 valence electrons. The lowest BCUT2D eigenvalue weighted by molar-refractivity contribution is 0.102. The first-order valence-electron chi connectivity index (χ1n) is 5.71. The first kappa shape index (κ1) is 13.1. The van der Waals surface area contributed by atoms with Crippen LogP contribution in [-0.4, -0.2) is 5.91 Å². The van der Waals surface area contributed by atoms with Crippen molar-refractivity contribution in [2.75, 3.05) is 5.32 Å². The minimum absolute atomic E-state index is 0.0614. The van der Waals surface area contributed by atoms with E-state index in [0.29, 0.717) is 5.56 Å². The lowest BCUT2D eigenvalue weighted by Gasteiger charge is -2.11. The second-order valence-corrected chi connectivity index (χ2v) is 5.34. The van der Waals surface area contributed by atoms with Crippen LogP contribution < -0.4 is 5.32 Å². The van der Waals surface area contributed by atoms with Gasteiger partial charge in [0.1, 0.15) is 0 Å². The van der Waals surface area contributed by atoms with Gasteiger partial charge in [-0.15, -0.1) is 0 Å². The van der Waals surface area contributed by atoms with E-state index in [4.69, 9.17) is 0 Å². The van der Waals surface area contributed by atoms with E-state index in [9.17, 15) is 4.79 Å². The molecule has 1 amide bonds. The topological polar surface area (TPSA) is 29.1 Å². The largest absolute Gasteiger partial charge is 0.322 e. The molecule has 2 aromatic carbocycles. The van der Waals surface area contributed by atoms with E-state index in [-0.39, 0.29) is 5.91 Å². The van der Waals surface area contributed by atoms with Crippen molar-refractivity contribution in [3.63, 3.8) is 0 Å². The van der Waals surface area contributed by atoms with Crippen LogP contribution in [0.4, 0.5) is 5.69 Å². The van der Waals surface area contributed by atoms with Gasteiger partial charge in [-0.25, -0.2) is 0 Å². The fourth-order valence-corrected chi connectivity index (χ4v) is 2.35. The van der Waals surface area contributed by atoms with Crippen LogP contribution in [0, 0.1) is 17.4 Å². The predicted octanol–water partition coefficient (Wildman–Crippen LogP) is 4.16. The van der Waals surface area contributed by atoms with E-state index in [0.717, 1.165) is 14.8 Å². The maximum atomic E-state index is 12.2. The number of carbonyl (C=O) groups is 1. The maximum absolute atomic E-state index is 12.2. The van der Waals surface area contributed by atoms with Crippen molar-refractivity contribution in [1.82, 2.24) is 0 Å². The molecule has 0 aliphatic rings. The van der Waals surface area contributed by atoms with E-state index < -0.39 is 0 Å². The van der Waals surface area contributed by atoms with Gasteiger partial charge in [0.2, 0.25) is 0 Å². The van der Waals surface area contributed by atoms with Gasteiger partial charge in [0.15, 0.2) is 0 Å². The molecule has 2 rings (SSSR count). The third kappa shape index (κ3) is 2.72. The number of benzene rings is 2. The second kappa shape index (κ2) is 5.52. The summed E-state index contributed by atoms with van der Waals surface area (Å²) in [7, 11) is 0. The summed E-state index contributed by atoms with van der Waals surface area (Å²) < 4.78 is 0.956. The molecule has 0 radical (unpaired) electrons. The average Bonchev–Trinajstić information content (AvgIpc) is 2.35. The minimum atomic E-state index is -0.0614. The van der Waals surface area contributed by atoms with Crippen molar-refractivity contribution < 1.29 is 4.79 Å². The van der Waals surface area contributed by atoms with Crippen LogP contribution in [0.5, 0.6) is 0 Å². The molecule has 1 N–H and O–H groups in total. The Morgan fingerprint density at radius 3 is 2.50 bits per heavy atom. The molecule has 0 spiro atoms. The van der Waals surface area contributed by atoms with E-state index in [1.165, 1.54) is 5.56 Å². The summed E-state index contributed by atoms with van der Waals surface area (Å²) in [5, 5.41) is 2.96. The average molecular weight is 351 g/mol. The summed E-state index contributed by atoms with van der Waals surface area (Å²) in [5.41, 5.74) is 3.87. The Morgan fingerprint density at radius 2 is 1.78 bits per heavy atom. The van der Waals surface area contributed by atoms with E-state index >= 15 is 0 Å². The summed E-state index contributed by atoms with van der Waals surface area (Å²) in [6.07, 6.45) is 0. The van der Waals surface area contributed by atoms with Gasteiger partial charge in [-0.2, -0.15) is 0 Å². The van der Waals surface area contributed by atoms with Crippen LogP contribution in [0.2, 0.25) is 0 Å². The van der Waals surface area contributed by atoms with Gasteiger partial charge < -0.3 is 5.32 Å². The molecule has 0 bridgehead atoms. The SMILES string of the molecule is Cc1cccc(NC(=O)c2ccccc2I)c1C. The normalized spacial score (nSPS) is 10.2. The van der Waals surface area contributed by atoms with Crippen LogP contribution in [0.3, 0.4) is 0 Å². The smallest absolute Gasteiger partial charge is 0.256 e. The molecule has 3 heteroatoms. The summed E-state index contributed by atoms with van der Waals surface area (Å²) in [6, 6.07) is 13.5. The van der Waals surface area contributed by atoms with Gasteiger partial charge in [0.05, 0.1) is 5.56 Å². The first-order chi connectivity index (χ1) is 8.59. The Bertz CT molecular complexity index is 593. The number of hydrogen-bond donors (Lipinski definition) is 1. The third-order valence-electron chi connectivity index (χ3n) is 2.97. The highest BCUT2D eigenvalue weighted by Crippen LogP contribution is 2.20. The van der Waals surface area contributed by atoms with Crippen LogP contribution in [0.25, 0.3) is 0 Å². The molecular weight excluding hydrogens is 337 g/mol. The third-order valence-corrected chi connectivity index (χ3v) is 3.91. The standard InChI is InChI=1S/C15H14INO/c1-10-6-5-9-14(11(10)2)17-15(18)12-7-3-4-8-13(12)16/h3-9H,1-2H3,(H,17,18). The molecule has 0 unspecified atom stereocenters. The minimum Gasteiger partial charge on any atom is -0.322 e. The molecule has 0 fully saturated rings. The monoisotopic (exact) mass is 351 g/mol. The summed E-state index contributed by atoms with van der Waals surface area (Å²) in [6.45, 7) is 4.05. The number of nitrogens with one attached hydrogen (secondary N) is 1. The van der Waals surface area contributed by atoms with Crippen LogP contribution in [-0.2, 0) is 0 Å². The van der Waals surface area contributed by atoms with Gasteiger partial charge in [-0.3, -0.25) is 4.79 Å². The van der Waals surface area contributed by atoms with Crippen molar-refractivity contribution in [1.29, 1.82) is 0 Å². The Kier molecular flexibility index (Phi) is 4.01. The predicted molar refractivity (Wildman–Crippen MR) is 83.0 cm³/mol. The number of carbonyl (C=O) groups excluding carboxylic acids is 1. The molecule has 0 saturated carbocycles. The van der Waals surface area contributed by atoms with Crippen molar-refractivity contribution in [3.05, 3.63) is 62.7 Å². The lowest BCUT2D eigenvalue weighted by Crippen LogP contribution is -2.14. The highest BCUT2D eigenvalue weighted by Gasteiger charge is 2.10. The van der Waals surface area contributed by atoms with Crippen molar-refractivity contribution in [3.8, 4) is 0 Å². The first-order valence-corrected chi connectivity index (χ1v) is 6.79. The number of halogens is 1. The van der Waals surface area contributed by atoms with Crippen LogP contribution in [0.1, 0.15) is 21.5 Å². The molecule has 2 aromatic rings. The number of anilines is 1. The van der Waals surface area contributed by atoms with Crippen LogP contribution in [0.15, 0.2) is 42.5 Å². The molecule has 0 aromatic heterocycles. The van der Waals surface area contributed by atoms with Crippen molar-refractivity contribution >= 4 is 34.2 Å². The highest BCUT2D eigenvalue weighted by atomic mass is 127. The Labute approximate surface area is 121 Å². The Hall–Kier alpha value is -1.36. The second-order valence-electron chi connectivity index (χ2n) is 4.18. The number of hydrogen-bond acceptors (Lipinski definition) is 1. The van der Waals surface area contributed by atoms with E-state index in [2.05, 4.69) is 27.9 Å².